The van der Waals surface area contributed by atoms with Crippen LogP contribution in [0.1, 0.15) is 46.5 Å². The number of amides is 2. The molecule has 1 fully saturated rings. The number of hydrogen-bond acceptors (Lipinski definition) is 4. The molecule has 1 aromatic rings. The van der Waals surface area contributed by atoms with Crippen LogP contribution in [0.25, 0.3) is 0 Å². The number of nitrogens with two attached hydrogens (primary N) is 1. The Bertz CT molecular complexity index is 488. The van der Waals surface area contributed by atoms with Gasteiger partial charge in [0.2, 0.25) is 0 Å². The second-order valence-electron chi connectivity index (χ2n) is 5.23. The van der Waals surface area contributed by atoms with E-state index in [1.807, 2.05) is 0 Å². The number of nitrogens with zero attached hydrogens (tertiary/aromatic N) is 2. The van der Waals surface area contributed by atoms with Gasteiger partial charge in [0, 0.05) is 12.7 Å². The molecule has 2 N–H and O–H groups in total. The first kappa shape index (κ1) is 12.3. The van der Waals surface area contributed by atoms with E-state index in [0.29, 0.717) is 18.0 Å². The maximum atomic E-state index is 12.4. The van der Waals surface area contributed by atoms with E-state index in [1.165, 1.54) is 4.90 Å². The largest absolute Gasteiger partial charge is 0.328 e. The van der Waals surface area contributed by atoms with Gasteiger partial charge in [-0.05, 0) is 30.9 Å². The third-order valence-electron chi connectivity index (χ3n) is 4.20. The van der Waals surface area contributed by atoms with Gasteiger partial charge in [-0.15, -0.1) is 0 Å². The quantitative estimate of drug-likeness (QED) is 0.827. The topological polar surface area (TPSA) is 76.3 Å². The predicted octanol–water partition coefficient (Wildman–Crippen LogP) is 1.20. The maximum absolute atomic E-state index is 12.4. The van der Waals surface area contributed by atoms with Crippen molar-refractivity contribution >= 4 is 11.8 Å². The van der Waals surface area contributed by atoms with Crippen molar-refractivity contribution in [3.05, 3.63) is 29.6 Å². The molecule has 2 heterocycles. The third-order valence-corrected chi connectivity index (χ3v) is 4.20. The second-order valence-corrected chi connectivity index (χ2v) is 5.23. The molecule has 1 saturated carbocycles. The van der Waals surface area contributed by atoms with Gasteiger partial charge in [0.15, 0.2) is 0 Å². The fourth-order valence-electron chi connectivity index (χ4n) is 3.24. The summed E-state index contributed by atoms with van der Waals surface area (Å²) in [4.78, 5) is 30.1. The standard InChI is InChI=1S/C14H17N3O2/c15-8-11(9-4-1-2-5-9)17-13(18)10-6-3-7-16-12(10)14(17)19/h3,6-7,9,11H,1-2,4-5,8,15H2. The van der Waals surface area contributed by atoms with Gasteiger partial charge in [0.25, 0.3) is 11.8 Å². The molecule has 5 nitrogen and oxygen atoms in total. The molecule has 1 atom stereocenters. The molecule has 19 heavy (non-hydrogen) atoms. The predicted molar refractivity (Wildman–Crippen MR) is 69.5 cm³/mol. The van der Waals surface area contributed by atoms with Crippen LogP contribution in [-0.2, 0) is 0 Å². The van der Waals surface area contributed by atoms with Crippen molar-refractivity contribution in [3.63, 3.8) is 0 Å². The van der Waals surface area contributed by atoms with Crippen LogP contribution < -0.4 is 5.73 Å². The Morgan fingerprint density at radius 3 is 2.68 bits per heavy atom. The molecule has 0 saturated heterocycles. The van der Waals surface area contributed by atoms with Crippen LogP contribution in [0, 0.1) is 5.92 Å². The minimum absolute atomic E-state index is 0.184. The number of rotatable bonds is 3. The van der Waals surface area contributed by atoms with E-state index >= 15 is 0 Å². The molecule has 2 amide bonds. The summed E-state index contributed by atoms with van der Waals surface area (Å²) in [6.45, 7) is 0.329. The number of carbonyl (C=O) groups is 2. The fourth-order valence-corrected chi connectivity index (χ4v) is 3.24. The van der Waals surface area contributed by atoms with Gasteiger partial charge in [0.05, 0.1) is 11.6 Å². The van der Waals surface area contributed by atoms with Crippen LogP contribution in [0.4, 0.5) is 0 Å². The molecule has 2 aliphatic rings. The van der Waals surface area contributed by atoms with Crippen molar-refractivity contribution < 1.29 is 9.59 Å². The number of aromatic nitrogens is 1. The Labute approximate surface area is 111 Å². The summed E-state index contributed by atoms with van der Waals surface area (Å²) in [6, 6.07) is 3.16. The van der Waals surface area contributed by atoms with Crippen molar-refractivity contribution in [3.8, 4) is 0 Å². The summed E-state index contributed by atoms with van der Waals surface area (Å²) in [7, 11) is 0. The number of hydrogen-bond donors (Lipinski definition) is 1. The molecule has 1 aromatic heterocycles. The summed E-state index contributed by atoms with van der Waals surface area (Å²) in [5.41, 5.74) is 6.50. The third kappa shape index (κ3) is 1.85. The molecule has 0 radical (unpaired) electrons. The van der Waals surface area contributed by atoms with Gasteiger partial charge < -0.3 is 5.73 Å². The van der Waals surface area contributed by atoms with Crippen molar-refractivity contribution in [2.24, 2.45) is 11.7 Å². The first-order valence-corrected chi connectivity index (χ1v) is 6.77. The Morgan fingerprint density at radius 1 is 1.32 bits per heavy atom. The van der Waals surface area contributed by atoms with E-state index in [2.05, 4.69) is 4.98 Å². The summed E-state index contributed by atoms with van der Waals surface area (Å²) in [5, 5.41) is 0. The van der Waals surface area contributed by atoms with Crippen molar-refractivity contribution in [1.82, 2.24) is 9.88 Å². The summed E-state index contributed by atoms with van der Waals surface area (Å²) >= 11 is 0. The zero-order valence-electron chi connectivity index (χ0n) is 10.7. The maximum Gasteiger partial charge on any atom is 0.280 e. The Morgan fingerprint density at radius 2 is 2.05 bits per heavy atom. The van der Waals surface area contributed by atoms with Crippen LogP contribution in [-0.4, -0.2) is 34.3 Å². The first-order chi connectivity index (χ1) is 9.24. The lowest BCUT2D eigenvalue weighted by Crippen LogP contribution is -2.48. The van der Waals surface area contributed by atoms with E-state index in [9.17, 15) is 9.59 Å². The number of pyridine rings is 1. The zero-order chi connectivity index (χ0) is 13.4. The van der Waals surface area contributed by atoms with E-state index in [0.717, 1.165) is 25.7 Å². The molecule has 0 aromatic carbocycles. The van der Waals surface area contributed by atoms with Crippen molar-refractivity contribution in [2.75, 3.05) is 6.54 Å². The van der Waals surface area contributed by atoms with Gasteiger partial charge in [0.1, 0.15) is 5.69 Å². The minimum atomic E-state index is -0.289. The van der Waals surface area contributed by atoms with Crippen LogP contribution in [0.3, 0.4) is 0 Å². The molecule has 3 rings (SSSR count). The molecule has 1 aliphatic carbocycles. The normalized spacial score (nSPS) is 21.0. The molecule has 1 unspecified atom stereocenters. The number of fused-ring (bicyclic) bond motifs is 1. The Hall–Kier alpha value is -1.75. The fraction of sp³-hybridized carbons (Fsp3) is 0.500. The van der Waals surface area contributed by atoms with Gasteiger partial charge in [-0.1, -0.05) is 12.8 Å². The number of carbonyl (C=O) groups excluding carboxylic acids is 2. The molecule has 100 valence electrons. The monoisotopic (exact) mass is 259 g/mol. The number of imide groups is 1. The van der Waals surface area contributed by atoms with E-state index in [1.54, 1.807) is 18.3 Å². The van der Waals surface area contributed by atoms with E-state index in [-0.39, 0.29) is 23.6 Å². The molecule has 1 aliphatic heterocycles. The van der Waals surface area contributed by atoms with Crippen molar-refractivity contribution in [2.45, 2.75) is 31.7 Å². The molecule has 5 heteroatoms. The van der Waals surface area contributed by atoms with Gasteiger partial charge in [-0.25, -0.2) is 0 Å². The lowest BCUT2D eigenvalue weighted by atomic mass is 9.96. The molecule has 0 bridgehead atoms. The highest BCUT2D eigenvalue weighted by Gasteiger charge is 2.43. The highest BCUT2D eigenvalue weighted by atomic mass is 16.2. The average Bonchev–Trinajstić information content (AvgIpc) is 3.04. The second kappa shape index (κ2) is 4.74. The van der Waals surface area contributed by atoms with E-state index < -0.39 is 0 Å². The van der Waals surface area contributed by atoms with Crippen LogP contribution >= 0.6 is 0 Å². The highest BCUT2D eigenvalue weighted by molar-refractivity contribution is 6.20. The van der Waals surface area contributed by atoms with Gasteiger partial charge in [-0.3, -0.25) is 19.5 Å². The molecule has 0 spiro atoms. The van der Waals surface area contributed by atoms with Crippen molar-refractivity contribution in [1.29, 1.82) is 0 Å². The SMILES string of the molecule is NCC(C1CCCC1)N1C(=O)c2cccnc2C1=O. The van der Waals surface area contributed by atoms with Crippen LogP contribution in [0.5, 0.6) is 0 Å². The van der Waals surface area contributed by atoms with Gasteiger partial charge >= 0.3 is 0 Å². The smallest absolute Gasteiger partial charge is 0.280 e. The minimum Gasteiger partial charge on any atom is -0.328 e. The average molecular weight is 259 g/mol. The van der Waals surface area contributed by atoms with Gasteiger partial charge in [-0.2, -0.15) is 0 Å². The van der Waals surface area contributed by atoms with E-state index in [4.69, 9.17) is 5.73 Å². The van der Waals surface area contributed by atoms with Crippen LogP contribution in [0.2, 0.25) is 0 Å². The summed E-state index contributed by atoms with van der Waals surface area (Å²) < 4.78 is 0. The van der Waals surface area contributed by atoms with Crippen LogP contribution in [0.15, 0.2) is 18.3 Å². The zero-order valence-corrected chi connectivity index (χ0v) is 10.7. The lowest BCUT2D eigenvalue weighted by Gasteiger charge is -2.29. The molecular weight excluding hydrogens is 242 g/mol. The summed E-state index contributed by atoms with van der Waals surface area (Å²) in [5.74, 6) is -0.189. The highest BCUT2D eigenvalue weighted by Crippen LogP contribution is 2.33. The molecular formula is C14H17N3O2. The summed E-state index contributed by atoms with van der Waals surface area (Å²) in [6.07, 6.45) is 5.94. The first-order valence-electron chi connectivity index (χ1n) is 6.77. The Balaban J connectivity index is 1.93. The Kier molecular flexibility index (Phi) is 3.06. The lowest BCUT2D eigenvalue weighted by molar-refractivity contribution is 0.0533.